The van der Waals surface area contributed by atoms with Gasteiger partial charge in [-0.1, -0.05) is 37.5 Å². The summed E-state index contributed by atoms with van der Waals surface area (Å²) in [6, 6.07) is 17.1. The molecule has 0 radical (unpaired) electrons. The third-order valence-electron chi connectivity index (χ3n) is 5.85. The molecule has 0 unspecified atom stereocenters. The number of pyridine rings is 2. The number of amides is 2. The van der Waals surface area contributed by atoms with Gasteiger partial charge in [0.05, 0.1) is 11.4 Å². The number of rotatable bonds is 5. The highest BCUT2D eigenvalue weighted by Gasteiger charge is 2.30. The van der Waals surface area contributed by atoms with E-state index in [2.05, 4.69) is 27.3 Å². The summed E-state index contributed by atoms with van der Waals surface area (Å²) < 4.78 is 0. The fourth-order valence-corrected chi connectivity index (χ4v) is 4.14. The molecule has 0 bridgehead atoms. The minimum atomic E-state index is -0.256. The number of carbonyl (C=O) groups excluding carboxylic acids is 1. The first-order valence-corrected chi connectivity index (χ1v) is 11.1. The van der Waals surface area contributed by atoms with Crippen LogP contribution in [-0.2, 0) is 0 Å². The summed E-state index contributed by atoms with van der Waals surface area (Å²) in [5, 5.41) is 2.92. The fourth-order valence-electron chi connectivity index (χ4n) is 4.14. The molecule has 0 atom stereocenters. The second kappa shape index (κ2) is 9.68. The van der Waals surface area contributed by atoms with Crippen LogP contribution >= 0.6 is 0 Å². The van der Waals surface area contributed by atoms with Crippen molar-refractivity contribution in [3.63, 3.8) is 0 Å². The maximum absolute atomic E-state index is 13.4. The van der Waals surface area contributed by atoms with Crippen LogP contribution in [0, 0.1) is 0 Å². The molecule has 7 nitrogen and oxygen atoms in total. The molecular formula is C25H30N6O. The van der Waals surface area contributed by atoms with E-state index in [1.165, 1.54) is 6.42 Å². The standard InChI is InChI=1S/C25H30N6O/c1-30(2)20-12-8-9-18(17-20)22-15-14-21(26)24(28-22)31(19-10-4-3-5-11-19)25(32)29-23-13-6-7-16-27-23/h6-9,12-17,19H,3-5,10-11,26H2,1-2H3,(H,27,29,32). The molecule has 0 aliphatic heterocycles. The van der Waals surface area contributed by atoms with Gasteiger partial charge in [-0.05, 0) is 49.2 Å². The predicted octanol–water partition coefficient (Wildman–Crippen LogP) is 5.16. The first-order chi connectivity index (χ1) is 15.5. The van der Waals surface area contributed by atoms with Crippen molar-refractivity contribution in [3.8, 4) is 11.3 Å². The molecule has 166 valence electrons. The number of hydrogen-bond donors (Lipinski definition) is 2. The van der Waals surface area contributed by atoms with E-state index in [1.807, 2.05) is 50.5 Å². The molecular weight excluding hydrogens is 400 g/mol. The first kappa shape index (κ1) is 21.6. The summed E-state index contributed by atoms with van der Waals surface area (Å²) in [4.78, 5) is 26.3. The van der Waals surface area contributed by atoms with E-state index >= 15 is 0 Å². The molecule has 1 saturated carbocycles. The Kier molecular flexibility index (Phi) is 6.54. The Bertz CT molecular complexity index is 1060. The topological polar surface area (TPSA) is 87.4 Å². The Morgan fingerprint density at radius 2 is 1.84 bits per heavy atom. The summed E-state index contributed by atoms with van der Waals surface area (Å²) >= 11 is 0. The fraction of sp³-hybridized carbons (Fsp3) is 0.320. The van der Waals surface area contributed by atoms with Gasteiger partial charge in [-0.25, -0.2) is 14.8 Å². The number of anilines is 4. The number of urea groups is 1. The first-order valence-electron chi connectivity index (χ1n) is 11.1. The highest BCUT2D eigenvalue weighted by Crippen LogP contribution is 2.33. The number of nitrogen functional groups attached to an aromatic ring is 1. The maximum Gasteiger partial charge on any atom is 0.328 e. The third-order valence-corrected chi connectivity index (χ3v) is 5.85. The van der Waals surface area contributed by atoms with Crippen molar-refractivity contribution >= 4 is 29.0 Å². The Labute approximate surface area is 189 Å². The van der Waals surface area contributed by atoms with Crippen LogP contribution in [0.25, 0.3) is 11.3 Å². The molecule has 2 aromatic heterocycles. The minimum absolute atomic E-state index is 0.0469. The molecule has 2 heterocycles. The van der Waals surface area contributed by atoms with Gasteiger partial charge in [-0.3, -0.25) is 10.2 Å². The van der Waals surface area contributed by atoms with Crippen LogP contribution in [0.2, 0.25) is 0 Å². The van der Waals surface area contributed by atoms with E-state index in [1.54, 1.807) is 17.2 Å². The summed E-state index contributed by atoms with van der Waals surface area (Å²) in [5.74, 6) is 1.00. The average molecular weight is 431 g/mol. The molecule has 1 aliphatic rings. The lowest BCUT2D eigenvalue weighted by atomic mass is 9.94. The van der Waals surface area contributed by atoms with Crippen molar-refractivity contribution < 1.29 is 4.79 Å². The molecule has 3 aromatic rings. The van der Waals surface area contributed by atoms with Crippen molar-refractivity contribution in [2.75, 3.05) is 34.9 Å². The van der Waals surface area contributed by atoms with Crippen molar-refractivity contribution in [3.05, 3.63) is 60.8 Å². The number of hydrogen-bond acceptors (Lipinski definition) is 5. The van der Waals surface area contributed by atoms with Crippen LogP contribution in [0.3, 0.4) is 0 Å². The molecule has 2 amide bonds. The van der Waals surface area contributed by atoms with Crippen molar-refractivity contribution in [2.24, 2.45) is 0 Å². The smallest absolute Gasteiger partial charge is 0.328 e. The summed E-state index contributed by atoms with van der Waals surface area (Å²) in [7, 11) is 4.02. The van der Waals surface area contributed by atoms with Gasteiger partial charge in [0, 0.05) is 37.6 Å². The normalized spacial score (nSPS) is 14.1. The van der Waals surface area contributed by atoms with Crippen LogP contribution < -0.4 is 20.9 Å². The van der Waals surface area contributed by atoms with E-state index in [9.17, 15) is 4.79 Å². The van der Waals surface area contributed by atoms with Crippen molar-refractivity contribution in [2.45, 2.75) is 38.1 Å². The monoisotopic (exact) mass is 430 g/mol. The Balaban J connectivity index is 1.72. The summed E-state index contributed by atoms with van der Waals surface area (Å²) in [6.07, 6.45) is 6.87. The molecule has 1 aromatic carbocycles. The van der Waals surface area contributed by atoms with Gasteiger partial charge in [0.2, 0.25) is 0 Å². The second-order valence-corrected chi connectivity index (χ2v) is 8.36. The lowest BCUT2D eigenvalue weighted by molar-refractivity contribution is 0.252. The lowest BCUT2D eigenvalue weighted by Crippen LogP contribution is -2.45. The SMILES string of the molecule is CN(C)c1cccc(-c2ccc(N)c(N(C(=O)Nc3ccccn3)C3CCCCC3)n2)c1. The predicted molar refractivity (Wildman–Crippen MR) is 131 cm³/mol. The molecule has 1 fully saturated rings. The number of aromatic nitrogens is 2. The molecule has 4 rings (SSSR count). The van der Waals surface area contributed by atoms with E-state index in [0.29, 0.717) is 17.3 Å². The minimum Gasteiger partial charge on any atom is -0.396 e. The van der Waals surface area contributed by atoms with Gasteiger partial charge in [-0.15, -0.1) is 0 Å². The number of nitrogens with one attached hydrogen (secondary N) is 1. The van der Waals surface area contributed by atoms with Crippen LogP contribution in [0.15, 0.2) is 60.8 Å². The zero-order valence-corrected chi connectivity index (χ0v) is 18.7. The number of benzene rings is 1. The Hall–Kier alpha value is -3.61. The van der Waals surface area contributed by atoms with Gasteiger partial charge in [-0.2, -0.15) is 0 Å². The molecule has 7 heteroatoms. The van der Waals surface area contributed by atoms with Gasteiger partial charge in [0.25, 0.3) is 0 Å². The Morgan fingerprint density at radius 1 is 1.03 bits per heavy atom. The van der Waals surface area contributed by atoms with Gasteiger partial charge < -0.3 is 10.6 Å². The van der Waals surface area contributed by atoms with Gasteiger partial charge in [0.15, 0.2) is 5.82 Å². The van der Waals surface area contributed by atoms with E-state index in [0.717, 1.165) is 42.6 Å². The largest absolute Gasteiger partial charge is 0.396 e. The third kappa shape index (κ3) is 4.82. The summed E-state index contributed by atoms with van der Waals surface area (Å²) in [5.41, 5.74) is 9.70. The van der Waals surface area contributed by atoms with E-state index in [4.69, 9.17) is 10.7 Å². The van der Waals surface area contributed by atoms with Crippen molar-refractivity contribution in [1.29, 1.82) is 0 Å². The zero-order chi connectivity index (χ0) is 22.5. The summed E-state index contributed by atoms with van der Waals surface area (Å²) in [6.45, 7) is 0. The van der Waals surface area contributed by atoms with Crippen LogP contribution in [0.4, 0.5) is 27.8 Å². The Morgan fingerprint density at radius 3 is 2.56 bits per heavy atom. The van der Waals surface area contributed by atoms with E-state index < -0.39 is 0 Å². The maximum atomic E-state index is 13.4. The average Bonchev–Trinajstić information content (AvgIpc) is 2.82. The zero-order valence-electron chi connectivity index (χ0n) is 18.7. The van der Waals surface area contributed by atoms with Gasteiger partial charge in [0.1, 0.15) is 5.82 Å². The van der Waals surface area contributed by atoms with Gasteiger partial charge >= 0.3 is 6.03 Å². The van der Waals surface area contributed by atoms with Crippen molar-refractivity contribution in [1.82, 2.24) is 9.97 Å². The molecule has 0 saturated heterocycles. The highest BCUT2D eigenvalue weighted by molar-refractivity contribution is 6.03. The molecule has 3 N–H and O–H groups in total. The number of nitrogens with two attached hydrogens (primary N) is 1. The molecule has 1 aliphatic carbocycles. The second-order valence-electron chi connectivity index (χ2n) is 8.36. The number of nitrogens with zero attached hydrogens (tertiary/aromatic N) is 4. The molecule has 0 spiro atoms. The van der Waals surface area contributed by atoms with Crippen LogP contribution in [-0.4, -0.2) is 36.1 Å². The highest BCUT2D eigenvalue weighted by atomic mass is 16.2. The van der Waals surface area contributed by atoms with Crippen LogP contribution in [0.5, 0.6) is 0 Å². The quantitative estimate of drug-likeness (QED) is 0.584. The lowest BCUT2D eigenvalue weighted by Gasteiger charge is -2.34. The van der Waals surface area contributed by atoms with E-state index in [-0.39, 0.29) is 12.1 Å². The number of carbonyl (C=O) groups is 1. The molecule has 32 heavy (non-hydrogen) atoms. The van der Waals surface area contributed by atoms with Crippen LogP contribution in [0.1, 0.15) is 32.1 Å².